The Morgan fingerprint density at radius 1 is 0.914 bits per heavy atom. The van der Waals surface area contributed by atoms with Crippen molar-refractivity contribution in [3.8, 4) is 22.6 Å². The van der Waals surface area contributed by atoms with Crippen LogP contribution in [0.1, 0.15) is 16.8 Å². The summed E-state index contributed by atoms with van der Waals surface area (Å²) in [4.78, 5) is 22.4. The van der Waals surface area contributed by atoms with Gasteiger partial charge in [0.25, 0.3) is 5.91 Å². The van der Waals surface area contributed by atoms with Gasteiger partial charge in [-0.15, -0.1) is 12.4 Å². The van der Waals surface area contributed by atoms with Gasteiger partial charge < -0.3 is 14.4 Å². The van der Waals surface area contributed by atoms with E-state index in [1.807, 2.05) is 68.7 Å². The summed E-state index contributed by atoms with van der Waals surface area (Å²) < 4.78 is 12.4. The highest BCUT2D eigenvalue weighted by Gasteiger charge is 2.23. The van der Waals surface area contributed by atoms with Crippen molar-refractivity contribution in [3.63, 3.8) is 0 Å². The second-order valence-electron chi connectivity index (χ2n) is 8.52. The Bertz CT molecular complexity index is 1250. The van der Waals surface area contributed by atoms with Gasteiger partial charge in [0.2, 0.25) is 0 Å². The van der Waals surface area contributed by atoms with Gasteiger partial charge in [0.05, 0.1) is 10.2 Å². The van der Waals surface area contributed by atoms with Crippen molar-refractivity contribution < 1.29 is 14.3 Å². The predicted octanol–water partition coefficient (Wildman–Crippen LogP) is 5.75. The number of hydrogen-bond acceptors (Lipinski definition) is 6. The van der Waals surface area contributed by atoms with Crippen LogP contribution in [0.25, 0.3) is 21.3 Å². The molecule has 2 heterocycles. The molecule has 1 aliphatic rings. The fourth-order valence-electron chi connectivity index (χ4n) is 3.99. The summed E-state index contributed by atoms with van der Waals surface area (Å²) in [6, 6.07) is 21.8. The molecule has 0 radical (unpaired) electrons. The van der Waals surface area contributed by atoms with Crippen molar-refractivity contribution in [2.75, 3.05) is 45.3 Å². The molecule has 0 saturated heterocycles. The van der Waals surface area contributed by atoms with Crippen molar-refractivity contribution >= 4 is 45.0 Å². The number of carbonyl (C=O) groups is 1. The Balaban J connectivity index is 0.00000289. The molecule has 1 amide bonds. The Morgan fingerprint density at radius 2 is 1.57 bits per heavy atom. The highest BCUT2D eigenvalue weighted by molar-refractivity contribution is 7.22. The first-order valence-electron chi connectivity index (χ1n) is 11.4. The lowest BCUT2D eigenvalue weighted by molar-refractivity contribution is 0.0986. The average Bonchev–Trinajstić information content (AvgIpc) is 3.27. The molecule has 0 spiro atoms. The smallest absolute Gasteiger partial charge is 0.260 e. The van der Waals surface area contributed by atoms with Gasteiger partial charge in [0.1, 0.15) is 13.2 Å². The zero-order chi connectivity index (χ0) is 23.5. The molecule has 3 aromatic carbocycles. The van der Waals surface area contributed by atoms with Crippen LogP contribution < -0.4 is 14.4 Å². The number of fused-ring (bicyclic) bond motifs is 2. The van der Waals surface area contributed by atoms with E-state index < -0.39 is 0 Å². The predicted molar refractivity (Wildman–Crippen MR) is 145 cm³/mol. The number of carbonyl (C=O) groups excluding carboxylic acids is 1. The lowest BCUT2D eigenvalue weighted by Gasteiger charge is -2.21. The molecule has 0 saturated carbocycles. The summed E-state index contributed by atoms with van der Waals surface area (Å²) in [5, 5.41) is 0.688. The molecule has 1 aliphatic heterocycles. The van der Waals surface area contributed by atoms with Crippen molar-refractivity contribution in [1.82, 2.24) is 9.88 Å². The molecule has 8 heteroatoms. The summed E-state index contributed by atoms with van der Waals surface area (Å²) >= 11 is 1.50. The van der Waals surface area contributed by atoms with Crippen molar-refractivity contribution in [2.45, 2.75) is 6.42 Å². The van der Waals surface area contributed by atoms with Gasteiger partial charge in [-0.05, 0) is 50.3 Å². The van der Waals surface area contributed by atoms with Crippen LogP contribution in [0.3, 0.4) is 0 Å². The summed E-state index contributed by atoms with van der Waals surface area (Å²) in [7, 11) is 4.08. The standard InChI is InChI=1S/C27H27N3O3S.ClH/c1-29(2)13-6-14-30(26(31)21-11-9-20(10-12-21)19-7-4-3-5-8-19)27-28-22-17-23-24(18-25(22)34-27)33-16-15-32-23;/h3-5,7-12,17-18H,6,13-16H2,1-2H3;1H. The third-order valence-corrected chi connectivity index (χ3v) is 6.78. The maximum absolute atomic E-state index is 13.6. The van der Waals surface area contributed by atoms with Gasteiger partial charge in [0, 0.05) is 24.2 Å². The summed E-state index contributed by atoms with van der Waals surface area (Å²) in [5.74, 6) is 1.39. The Labute approximate surface area is 215 Å². The average molecular weight is 510 g/mol. The van der Waals surface area contributed by atoms with Crippen LogP contribution in [-0.2, 0) is 0 Å². The number of hydrogen-bond donors (Lipinski definition) is 0. The number of amides is 1. The van der Waals surface area contributed by atoms with E-state index >= 15 is 0 Å². The molecule has 1 aromatic heterocycles. The molecule has 0 aliphatic carbocycles. The topological polar surface area (TPSA) is 54.9 Å². The molecule has 0 N–H and O–H groups in total. The zero-order valence-electron chi connectivity index (χ0n) is 19.8. The Hall–Kier alpha value is -3.13. The molecule has 5 rings (SSSR count). The minimum absolute atomic E-state index is 0. The maximum Gasteiger partial charge on any atom is 0.260 e. The first-order chi connectivity index (χ1) is 16.6. The van der Waals surface area contributed by atoms with Gasteiger partial charge in [0.15, 0.2) is 16.6 Å². The molecular formula is C27H28ClN3O3S. The maximum atomic E-state index is 13.6. The summed E-state index contributed by atoms with van der Waals surface area (Å²) in [6.45, 7) is 2.55. The number of anilines is 1. The van der Waals surface area contributed by atoms with Crippen LogP contribution in [0.4, 0.5) is 5.13 Å². The SMILES string of the molecule is CN(C)CCCN(C(=O)c1ccc(-c2ccccc2)cc1)c1nc2cc3c(cc2s1)OCCO3.Cl. The third-order valence-electron chi connectivity index (χ3n) is 5.74. The van der Waals surface area contributed by atoms with Gasteiger partial charge in [-0.25, -0.2) is 4.98 Å². The molecule has 0 bridgehead atoms. The lowest BCUT2D eigenvalue weighted by atomic mass is 10.0. The van der Waals surface area contributed by atoms with E-state index in [1.54, 1.807) is 4.90 Å². The number of aromatic nitrogens is 1. The van der Waals surface area contributed by atoms with Gasteiger partial charge >= 0.3 is 0 Å². The van der Waals surface area contributed by atoms with E-state index in [0.29, 0.717) is 36.2 Å². The molecule has 4 aromatic rings. The molecule has 6 nitrogen and oxygen atoms in total. The normalized spacial score (nSPS) is 12.4. The fourth-order valence-corrected chi connectivity index (χ4v) is 4.99. The molecule has 0 fully saturated rings. The van der Waals surface area contributed by atoms with Crippen LogP contribution in [0.2, 0.25) is 0 Å². The first-order valence-corrected chi connectivity index (χ1v) is 12.2. The van der Waals surface area contributed by atoms with Gasteiger partial charge in [-0.1, -0.05) is 53.8 Å². The highest BCUT2D eigenvalue weighted by Crippen LogP contribution is 2.39. The number of ether oxygens (including phenoxy) is 2. The van der Waals surface area contributed by atoms with Gasteiger partial charge in [-0.3, -0.25) is 9.69 Å². The quantitative estimate of drug-likeness (QED) is 0.317. The summed E-state index contributed by atoms with van der Waals surface area (Å²) in [5.41, 5.74) is 3.68. The first kappa shape index (κ1) is 25.0. The van der Waals surface area contributed by atoms with Crippen LogP contribution in [0, 0.1) is 0 Å². The van der Waals surface area contributed by atoms with E-state index in [2.05, 4.69) is 17.0 Å². The van der Waals surface area contributed by atoms with E-state index in [-0.39, 0.29) is 18.3 Å². The van der Waals surface area contributed by atoms with Crippen molar-refractivity contribution in [1.29, 1.82) is 0 Å². The van der Waals surface area contributed by atoms with Crippen LogP contribution >= 0.6 is 23.7 Å². The number of nitrogens with zero attached hydrogens (tertiary/aromatic N) is 3. The number of thiazole rings is 1. The van der Waals surface area contributed by atoms with Crippen LogP contribution in [0.5, 0.6) is 11.5 Å². The minimum atomic E-state index is -0.0466. The number of rotatable bonds is 7. The largest absolute Gasteiger partial charge is 0.486 e. The van der Waals surface area contributed by atoms with E-state index in [9.17, 15) is 4.79 Å². The zero-order valence-corrected chi connectivity index (χ0v) is 21.4. The molecule has 0 atom stereocenters. The second-order valence-corrected chi connectivity index (χ2v) is 9.53. The molecular weight excluding hydrogens is 482 g/mol. The van der Waals surface area contributed by atoms with Gasteiger partial charge in [-0.2, -0.15) is 0 Å². The number of benzene rings is 3. The van der Waals surface area contributed by atoms with E-state index in [4.69, 9.17) is 14.5 Å². The van der Waals surface area contributed by atoms with E-state index in [0.717, 1.165) is 40.1 Å². The van der Waals surface area contributed by atoms with Crippen LogP contribution in [0.15, 0.2) is 66.7 Å². The second kappa shape index (κ2) is 11.1. The number of halogens is 1. The molecule has 0 unspecified atom stereocenters. The fraction of sp³-hybridized carbons (Fsp3) is 0.259. The lowest BCUT2D eigenvalue weighted by Crippen LogP contribution is -2.33. The molecule has 182 valence electrons. The highest BCUT2D eigenvalue weighted by atomic mass is 35.5. The third kappa shape index (κ3) is 5.59. The summed E-state index contributed by atoms with van der Waals surface area (Å²) in [6.07, 6.45) is 0.847. The Morgan fingerprint density at radius 3 is 2.26 bits per heavy atom. The van der Waals surface area contributed by atoms with Crippen LogP contribution in [-0.4, -0.2) is 56.2 Å². The minimum Gasteiger partial charge on any atom is -0.486 e. The molecule has 35 heavy (non-hydrogen) atoms. The Kier molecular flexibility index (Phi) is 7.90. The van der Waals surface area contributed by atoms with Crippen molar-refractivity contribution in [2.24, 2.45) is 0 Å². The van der Waals surface area contributed by atoms with Crippen molar-refractivity contribution in [3.05, 3.63) is 72.3 Å². The van der Waals surface area contributed by atoms with E-state index in [1.165, 1.54) is 11.3 Å². The monoisotopic (exact) mass is 509 g/mol.